The van der Waals surface area contributed by atoms with Crippen LogP contribution < -0.4 is 10.1 Å². The number of anilines is 1. The van der Waals surface area contributed by atoms with Gasteiger partial charge in [0.2, 0.25) is 5.82 Å². The highest BCUT2D eigenvalue weighted by atomic mass is 16.6. The van der Waals surface area contributed by atoms with Crippen LogP contribution in [0, 0.1) is 17.0 Å². The largest absolute Gasteiger partial charge is 0.476 e. The number of ether oxygens (including phenoxy) is 1. The van der Waals surface area contributed by atoms with Crippen LogP contribution >= 0.6 is 0 Å². The zero-order valence-corrected chi connectivity index (χ0v) is 11.0. The van der Waals surface area contributed by atoms with Crippen LogP contribution in [0.25, 0.3) is 0 Å². The van der Waals surface area contributed by atoms with Crippen molar-refractivity contribution in [1.82, 2.24) is 15.0 Å². The number of nitrogens with one attached hydrogen (secondary N) is 1. The highest BCUT2D eigenvalue weighted by molar-refractivity contribution is 5.61. The van der Waals surface area contributed by atoms with E-state index < -0.39 is 4.92 Å². The highest BCUT2D eigenvalue weighted by Gasteiger charge is 2.23. The molecule has 0 spiro atoms. The summed E-state index contributed by atoms with van der Waals surface area (Å²) in [7, 11) is 1.33. The number of nitrogens with zero attached hydrogens (tertiary/aromatic N) is 4. The van der Waals surface area contributed by atoms with Gasteiger partial charge in [0.1, 0.15) is 6.33 Å². The Morgan fingerprint density at radius 3 is 2.90 bits per heavy atom. The van der Waals surface area contributed by atoms with Crippen molar-refractivity contribution < 1.29 is 9.66 Å². The van der Waals surface area contributed by atoms with Gasteiger partial charge in [-0.2, -0.15) is 4.98 Å². The van der Waals surface area contributed by atoms with E-state index in [0.29, 0.717) is 6.54 Å². The van der Waals surface area contributed by atoms with Crippen LogP contribution in [-0.4, -0.2) is 27.0 Å². The fraction of sp³-hybridized carbons (Fsp3) is 0.250. The minimum Gasteiger partial charge on any atom is -0.476 e. The number of methoxy groups -OCH3 is 1. The third-order valence-corrected chi connectivity index (χ3v) is 2.75. The van der Waals surface area contributed by atoms with Crippen molar-refractivity contribution in [3.8, 4) is 5.88 Å². The Morgan fingerprint density at radius 1 is 1.45 bits per heavy atom. The summed E-state index contributed by atoms with van der Waals surface area (Å²) in [5.41, 5.74) is 1.69. The molecule has 2 aromatic heterocycles. The van der Waals surface area contributed by atoms with Crippen molar-refractivity contribution >= 4 is 11.5 Å². The predicted octanol–water partition coefficient (Wildman–Crippen LogP) is 1.71. The molecule has 2 rings (SSSR count). The molecular formula is C12H13N5O3. The van der Waals surface area contributed by atoms with Gasteiger partial charge in [-0.05, 0) is 24.1 Å². The normalized spacial score (nSPS) is 10.1. The van der Waals surface area contributed by atoms with E-state index in [4.69, 9.17) is 4.74 Å². The summed E-state index contributed by atoms with van der Waals surface area (Å²) in [6.45, 7) is 2.31. The van der Waals surface area contributed by atoms with E-state index in [-0.39, 0.29) is 17.4 Å². The third kappa shape index (κ3) is 2.79. The van der Waals surface area contributed by atoms with Crippen LogP contribution in [0.4, 0.5) is 11.5 Å². The second-order valence-corrected chi connectivity index (χ2v) is 3.99. The van der Waals surface area contributed by atoms with Crippen LogP contribution in [0.5, 0.6) is 5.88 Å². The maximum Gasteiger partial charge on any atom is 0.372 e. The standard InChI is InChI=1S/C12H13N5O3/c1-8-5-13-4-3-9(8)6-14-11-10(17(18)19)12(20-2)16-7-15-11/h3-5,7H,6H2,1-2H3,(H,14,15,16). The quantitative estimate of drug-likeness (QED) is 0.654. The summed E-state index contributed by atoms with van der Waals surface area (Å²) in [5, 5.41) is 14.0. The SMILES string of the molecule is COc1ncnc(NCc2ccncc2C)c1[N+](=O)[O-]. The lowest BCUT2D eigenvalue weighted by Crippen LogP contribution is -2.07. The zero-order valence-electron chi connectivity index (χ0n) is 11.0. The summed E-state index contributed by atoms with van der Waals surface area (Å²) >= 11 is 0. The van der Waals surface area contributed by atoms with Gasteiger partial charge in [-0.3, -0.25) is 15.1 Å². The average molecular weight is 275 g/mol. The summed E-state index contributed by atoms with van der Waals surface area (Å²) < 4.78 is 4.88. The predicted molar refractivity (Wildman–Crippen MR) is 71.5 cm³/mol. The van der Waals surface area contributed by atoms with Crippen LogP contribution in [0.1, 0.15) is 11.1 Å². The Kier molecular flexibility index (Phi) is 4.04. The van der Waals surface area contributed by atoms with Crippen LogP contribution in [-0.2, 0) is 6.54 Å². The number of hydrogen-bond donors (Lipinski definition) is 1. The molecule has 0 amide bonds. The summed E-state index contributed by atoms with van der Waals surface area (Å²) in [5.74, 6) is 0.0528. The van der Waals surface area contributed by atoms with Crippen molar-refractivity contribution in [1.29, 1.82) is 0 Å². The number of hydrogen-bond acceptors (Lipinski definition) is 7. The minimum absolute atomic E-state index is 0.0704. The summed E-state index contributed by atoms with van der Waals surface area (Å²) in [6, 6.07) is 1.84. The fourth-order valence-electron chi connectivity index (χ4n) is 1.69. The number of aryl methyl sites for hydroxylation is 1. The van der Waals surface area contributed by atoms with Gasteiger partial charge in [0, 0.05) is 18.9 Å². The zero-order chi connectivity index (χ0) is 14.5. The molecule has 0 aliphatic carbocycles. The lowest BCUT2D eigenvalue weighted by Gasteiger charge is -2.09. The van der Waals surface area contributed by atoms with E-state index in [1.165, 1.54) is 13.4 Å². The van der Waals surface area contributed by atoms with Crippen molar-refractivity contribution in [3.05, 3.63) is 46.0 Å². The molecule has 0 radical (unpaired) electrons. The Balaban J connectivity index is 2.26. The summed E-state index contributed by atoms with van der Waals surface area (Å²) in [4.78, 5) is 22.1. The van der Waals surface area contributed by atoms with E-state index in [9.17, 15) is 10.1 Å². The third-order valence-electron chi connectivity index (χ3n) is 2.75. The maximum atomic E-state index is 11.1. The van der Waals surface area contributed by atoms with Gasteiger partial charge in [0.25, 0.3) is 5.88 Å². The lowest BCUT2D eigenvalue weighted by atomic mass is 10.1. The molecule has 20 heavy (non-hydrogen) atoms. The van der Waals surface area contributed by atoms with E-state index in [2.05, 4.69) is 20.3 Å². The van der Waals surface area contributed by atoms with Crippen molar-refractivity contribution in [2.45, 2.75) is 13.5 Å². The van der Waals surface area contributed by atoms with Crippen molar-refractivity contribution in [2.75, 3.05) is 12.4 Å². The number of rotatable bonds is 5. The van der Waals surface area contributed by atoms with Gasteiger partial charge in [0.05, 0.1) is 12.0 Å². The van der Waals surface area contributed by atoms with Crippen LogP contribution in [0.3, 0.4) is 0 Å². The fourth-order valence-corrected chi connectivity index (χ4v) is 1.69. The first-order chi connectivity index (χ1) is 9.63. The topological polar surface area (TPSA) is 103 Å². The molecule has 0 unspecified atom stereocenters. The van der Waals surface area contributed by atoms with Gasteiger partial charge in [-0.1, -0.05) is 0 Å². The molecule has 0 aliphatic rings. The van der Waals surface area contributed by atoms with Crippen LogP contribution in [0.2, 0.25) is 0 Å². The second kappa shape index (κ2) is 5.91. The van der Waals surface area contributed by atoms with E-state index in [0.717, 1.165) is 11.1 Å². The van der Waals surface area contributed by atoms with E-state index >= 15 is 0 Å². The maximum absolute atomic E-state index is 11.1. The Morgan fingerprint density at radius 2 is 2.25 bits per heavy atom. The van der Waals surface area contributed by atoms with Crippen molar-refractivity contribution in [3.63, 3.8) is 0 Å². The molecule has 2 aromatic rings. The number of nitro groups is 1. The molecule has 0 aliphatic heterocycles. The highest BCUT2D eigenvalue weighted by Crippen LogP contribution is 2.30. The molecule has 0 atom stereocenters. The number of pyridine rings is 1. The molecule has 8 heteroatoms. The molecule has 0 saturated heterocycles. The lowest BCUT2D eigenvalue weighted by molar-refractivity contribution is -0.385. The van der Waals surface area contributed by atoms with Gasteiger partial charge < -0.3 is 10.1 Å². The molecule has 8 nitrogen and oxygen atoms in total. The molecule has 0 aromatic carbocycles. The Hall–Kier alpha value is -2.77. The first kappa shape index (κ1) is 13.7. The smallest absolute Gasteiger partial charge is 0.372 e. The second-order valence-electron chi connectivity index (χ2n) is 3.99. The molecule has 0 saturated carbocycles. The van der Waals surface area contributed by atoms with Gasteiger partial charge >= 0.3 is 5.69 Å². The monoisotopic (exact) mass is 275 g/mol. The molecule has 0 fully saturated rings. The molecular weight excluding hydrogens is 262 g/mol. The molecule has 1 N–H and O–H groups in total. The van der Waals surface area contributed by atoms with Crippen LogP contribution in [0.15, 0.2) is 24.8 Å². The van der Waals surface area contributed by atoms with Crippen molar-refractivity contribution in [2.24, 2.45) is 0 Å². The molecule has 2 heterocycles. The molecule has 0 bridgehead atoms. The van der Waals surface area contributed by atoms with Gasteiger partial charge in [0.15, 0.2) is 0 Å². The minimum atomic E-state index is -0.569. The average Bonchev–Trinajstić information content (AvgIpc) is 2.45. The van der Waals surface area contributed by atoms with E-state index in [1.807, 2.05) is 13.0 Å². The van der Waals surface area contributed by atoms with E-state index in [1.54, 1.807) is 12.4 Å². The Bertz CT molecular complexity index is 632. The van der Waals surface area contributed by atoms with Gasteiger partial charge in [-0.25, -0.2) is 4.98 Å². The number of aromatic nitrogens is 3. The first-order valence-electron chi connectivity index (χ1n) is 5.80. The Labute approximate surface area is 115 Å². The van der Waals surface area contributed by atoms with Gasteiger partial charge in [-0.15, -0.1) is 0 Å². The summed E-state index contributed by atoms with van der Waals surface area (Å²) in [6.07, 6.45) is 4.61. The first-order valence-corrected chi connectivity index (χ1v) is 5.80. The molecule has 104 valence electrons.